The third kappa shape index (κ3) is 3.91. The summed E-state index contributed by atoms with van der Waals surface area (Å²) in [5.41, 5.74) is 0.422. The van der Waals surface area contributed by atoms with Crippen LogP contribution in [0.5, 0.6) is 5.75 Å². The molecule has 7 nitrogen and oxygen atoms in total. The number of ketones is 1. The van der Waals surface area contributed by atoms with Gasteiger partial charge in [-0.1, -0.05) is 35.9 Å². The zero-order valence-corrected chi connectivity index (χ0v) is 18.1. The van der Waals surface area contributed by atoms with Gasteiger partial charge < -0.3 is 4.74 Å². The molecular weight excluding hydrogens is 432 g/mol. The van der Waals surface area contributed by atoms with Crippen molar-refractivity contribution in [1.82, 2.24) is 10.0 Å². The van der Waals surface area contributed by atoms with E-state index in [0.717, 1.165) is 10.0 Å². The minimum Gasteiger partial charge on any atom is -0.497 e. The first-order chi connectivity index (χ1) is 15.4. The lowest BCUT2D eigenvalue weighted by atomic mass is 9.85. The topological polar surface area (TPSA) is 84.0 Å². The molecule has 1 aliphatic heterocycles. The number of carbonyl (C=O) groups excluding carboxylic acids is 4. The summed E-state index contributed by atoms with van der Waals surface area (Å²) < 4.78 is 5.11. The van der Waals surface area contributed by atoms with E-state index in [1.165, 1.54) is 19.2 Å². The molecule has 0 N–H and O–H groups in total. The van der Waals surface area contributed by atoms with E-state index in [-0.39, 0.29) is 10.6 Å². The van der Waals surface area contributed by atoms with E-state index in [4.69, 9.17) is 16.3 Å². The van der Waals surface area contributed by atoms with Crippen LogP contribution in [0.25, 0.3) is 0 Å². The molecule has 0 spiro atoms. The molecule has 2 atom stereocenters. The molecule has 0 radical (unpaired) electrons. The van der Waals surface area contributed by atoms with Crippen molar-refractivity contribution in [3.05, 3.63) is 76.8 Å². The van der Waals surface area contributed by atoms with Crippen molar-refractivity contribution in [1.29, 1.82) is 0 Å². The number of carbonyl (C=O) groups is 4. The van der Waals surface area contributed by atoms with Gasteiger partial charge >= 0.3 is 0 Å². The van der Waals surface area contributed by atoms with Gasteiger partial charge in [0.2, 0.25) is 0 Å². The molecule has 164 valence electrons. The van der Waals surface area contributed by atoms with Crippen molar-refractivity contribution in [2.75, 3.05) is 13.7 Å². The lowest BCUT2D eigenvalue weighted by Crippen LogP contribution is -2.52. The second kappa shape index (κ2) is 8.96. The van der Waals surface area contributed by atoms with Gasteiger partial charge in [-0.2, -0.15) is 5.01 Å². The van der Waals surface area contributed by atoms with E-state index >= 15 is 0 Å². The number of amides is 3. The molecule has 0 saturated carbocycles. The number of fused-ring (bicyclic) bond motifs is 1. The van der Waals surface area contributed by atoms with Crippen LogP contribution in [-0.4, -0.2) is 47.2 Å². The predicted molar refractivity (Wildman–Crippen MR) is 117 cm³/mol. The summed E-state index contributed by atoms with van der Waals surface area (Å²) in [5, 5.41) is 1.93. The van der Waals surface area contributed by atoms with Gasteiger partial charge in [0.05, 0.1) is 29.5 Å². The number of allylic oxidation sites excluding steroid dienone is 2. The number of halogens is 1. The van der Waals surface area contributed by atoms with Gasteiger partial charge in [0.15, 0.2) is 5.78 Å². The highest BCUT2D eigenvalue weighted by Gasteiger charge is 2.51. The van der Waals surface area contributed by atoms with Crippen LogP contribution < -0.4 is 4.74 Å². The Morgan fingerprint density at radius 1 is 1.00 bits per heavy atom. The summed E-state index contributed by atoms with van der Waals surface area (Å²) in [6, 6.07) is 12.7. The van der Waals surface area contributed by atoms with E-state index in [0.29, 0.717) is 24.2 Å². The van der Waals surface area contributed by atoms with Gasteiger partial charge in [-0.3, -0.25) is 19.2 Å². The number of hydrogen-bond donors (Lipinski definition) is 0. The van der Waals surface area contributed by atoms with E-state index in [2.05, 4.69) is 0 Å². The molecule has 0 aromatic heterocycles. The number of rotatable bonds is 6. The summed E-state index contributed by atoms with van der Waals surface area (Å²) in [6.07, 6.45) is 4.57. The summed E-state index contributed by atoms with van der Waals surface area (Å²) in [4.78, 5) is 52.7. The third-order valence-electron chi connectivity index (χ3n) is 5.77. The van der Waals surface area contributed by atoms with Crippen LogP contribution >= 0.6 is 11.6 Å². The van der Waals surface area contributed by atoms with Crippen LogP contribution in [0, 0.1) is 11.8 Å². The summed E-state index contributed by atoms with van der Waals surface area (Å²) in [5.74, 6) is -2.57. The average molecular weight is 453 g/mol. The number of Topliss-reactive ketones (excluding diaryl/α,β-unsaturated/α-hetero) is 1. The van der Waals surface area contributed by atoms with E-state index in [1.807, 2.05) is 12.2 Å². The Kier molecular flexibility index (Phi) is 6.10. The zero-order valence-electron chi connectivity index (χ0n) is 17.4. The first-order valence-electron chi connectivity index (χ1n) is 10.2. The fourth-order valence-electron chi connectivity index (χ4n) is 4.03. The molecule has 32 heavy (non-hydrogen) atoms. The first-order valence-corrected chi connectivity index (χ1v) is 10.6. The molecule has 2 aromatic carbocycles. The largest absolute Gasteiger partial charge is 0.497 e. The number of methoxy groups -OCH3 is 1. The van der Waals surface area contributed by atoms with Crippen molar-refractivity contribution < 1.29 is 23.9 Å². The van der Waals surface area contributed by atoms with Gasteiger partial charge in [-0.05, 0) is 49.2 Å². The van der Waals surface area contributed by atoms with Crippen molar-refractivity contribution in [2.24, 2.45) is 11.8 Å². The quantitative estimate of drug-likeness (QED) is 0.380. The van der Waals surface area contributed by atoms with E-state index in [9.17, 15) is 19.2 Å². The maximum absolute atomic E-state index is 13.4. The molecule has 1 heterocycles. The molecule has 2 aromatic rings. The normalized spacial score (nSPS) is 19.6. The van der Waals surface area contributed by atoms with Crippen molar-refractivity contribution >= 4 is 35.1 Å². The molecule has 0 bridgehead atoms. The number of imide groups is 1. The SMILES string of the molecule is COc1ccc(C(=O)CN(C(=O)c2ccccc2Cl)N2C(=O)[C@H]3CC=CC[C@@H]3C2=O)cc1. The lowest BCUT2D eigenvalue weighted by Gasteiger charge is -2.30. The minimum absolute atomic E-state index is 0.102. The smallest absolute Gasteiger partial charge is 0.274 e. The molecule has 0 unspecified atom stereocenters. The number of hydrogen-bond acceptors (Lipinski definition) is 5. The van der Waals surface area contributed by atoms with E-state index in [1.54, 1.807) is 36.4 Å². The number of hydrazine groups is 1. The van der Waals surface area contributed by atoms with Crippen molar-refractivity contribution in [3.8, 4) is 5.75 Å². The average Bonchev–Trinajstić information content (AvgIpc) is 3.07. The second-order valence-electron chi connectivity index (χ2n) is 7.64. The van der Waals surface area contributed by atoms with Crippen LogP contribution in [-0.2, 0) is 9.59 Å². The van der Waals surface area contributed by atoms with Gasteiger partial charge in [0.25, 0.3) is 17.7 Å². The van der Waals surface area contributed by atoms with Gasteiger partial charge in [-0.15, -0.1) is 0 Å². The standard InChI is InChI=1S/C24H21ClN2O5/c1-32-16-12-10-15(11-13-16)21(28)14-26(22(29)19-8-4-5-9-20(19)25)27-23(30)17-6-2-3-7-18(17)24(27)31/h2-5,8-13,17-18H,6-7,14H2,1H3/t17-,18-/m0/s1. The van der Waals surface area contributed by atoms with Crippen LogP contribution in [0.3, 0.4) is 0 Å². The minimum atomic E-state index is -0.689. The Balaban J connectivity index is 1.69. The second-order valence-corrected chi connectivity index (χ2v) is 8.05. The molecule has 1 saturated heterocycles. The van der Waals surface area contributed by atoms with E-state index < -0.39 is 41.9 Å². The van der Waals surface area contributed by atoms with Gasteiger partial charge in [0.1, 0.15) is 12.3 Å². The Bertz CT molecular complexity index is 1090. The highest BCUT2D eigenvalue weighted by Crippen LogP contribution is 2.36. The van der Waals surface area contributed by atoms with Crippen LogP contribution in [0.2, 0.25) is 5.02 Å². The number of nitrogens with zero attached hydrogens (tertiary/aromatic N) is 2. The first kappa shape index (κ1) is 21.8. The highest BCUT2D eigenvalue weighted by molar-refractivity contribution is 6.34. The fourth-order valence-corrected chi connectivity index (χ4v) is 4.25. The fraction of sp³-hybridized carbons (Fsp3) is 0.250. The van der Waals surface area contributed by atoms with Gasteiger partial charge in [-0.25, -0.2) is 5.01 Å². The van der Waals surface area contributed by atoms with Crippen LogP contribution in [0.15, 0.2) is 60.7 Å². The highest BCUT2D eigenvalue weighted by atomic mass is 35.5. The maximum atomic E-state index is 13.4. The summed E-state index contributed by atoms with van der Waals surface area (Å²) >= 11 is 6.21. The summed E-state index contributed by atoms with van der Waals surface area (Å²) in [6.45, 7) is -0.485. The number of benzene rings is 2. The molecule has 2 aliphatic rings. The van der Waals surface area contributed by atoms with Crippen LogP contribution in [0.1, 0.15) is 33.6 Å². The number of ether oxygens (including phenoxy) is 1. The lowest BCUT2D eigenvalue weighted by molar-refractivity contribution is -0.154. The molecular formula is C24H21ClN2O5. The van der Waals surface area contributed by atoms with Crippen LogP contribution in [0.4, 0.5) is 0 Å². The molecule has 4 rings (SSSR count). The molecule has 8 heteroatoms. The monoisotopic (exact) mass is 452 g/mol. The molecule has 1 fully saturated rings. The summed E-state index contributed by atoms with van der Waals surface area (Å²) in [7, 11) is 1.51. The Morgan fingerprint density at radius 3 is 2.16 bits per heavy atom. The van der Waals surface area contributed by atoms with Crippen molar-refractivity contribution in [2.45, 2.75) is 12.8 Å². The molecule has 1 aliphatic carbocycles. The van der Waals surface area contributed by atoms with Crippen molar-refractivity contribution in [3.63, 3.8) is 0 Å². The Hall–Kier alpha value is -3.45. The predicted octanol–water partition coefficient (Wildman–Crippen LogP) is 3.54. The maximum Gasteiger partial charge on any atom is 0.274 e. The zero-order chi connectivity index (χ0) is 22.8. The Labute approximate surface area is 190 Å². The Morgan fingerprint density at radius 2 is 1.59 bits per heavy atom. The van der Waals surface area contributed by atoms with Gasteiger partial charge in [0, 0.05) is 5.56 Å². The molecule has 3 amide bonds. The third-order valence-corrected chi connectivity index (χ3v) is 6.10.